The fourth-order valence-electron chi connectivity index (χ4n) is 2.55. The topological polar surface area (TPSA) is 66.0 Å². The lowest BCUT2D eigenvalue weighted by Gasteiger charge is -2.17. The van der Waals surface area contributed by atoms with Crippen LogP contribution in [0.4, 0.5) is 0 Å². The average Bonchev–Trinajstić information content (AvgIpc) is 2.78. The van der Waals surface area contributed by atoms with Crippen molar-refractivity contribution in [2.24, 2.45) is 0 Å². The first-order chi connectivity index (χ1) is 15.1. The number of benzene rings is 2. The first-order valence-electron chi connectivity index (χ1n) is 9.56. The van der Waals surface area contributed by atoms with Crippen LogP contribution in [0.25, 0.3) is 0 Å². The second-order valence-electron chi connectivity index (χ2n) is 6.18. The molecule has 2 rings (SSSR count). The van der Waals surface area contributed by atoms with E-state index in [1.165, 1.54) is 0 Å². The molecular weight excluding hydrogens is 418 g/mol. The number of carbonyl (C=O) groups excluding carboxylic acids is 1. The molecule has 0 spiro atoms. The van der Waals surface area contributed by atoms with Gasteiger partial charge in [0.2, 0.25) is 0 Å². The van der Waals surface area contributed by atoms with Crippen molar-refractivity contribution in [1.29, 1.82) is 0 Å². The van der Waals surface area contributed by atoms with Gasteiger partial charge >= 0.3 is 0 Å². The highest BCUT2D eigenvalue weighted by atomic mass is 35.5. The molecule has 0 radical (unpaired) electrons. The molecule has 2 aromatic rings. The fraction of sp³-hybridized carbons (Fsp3) is 0.292. The Bertz CT molecular complexity index is 957. The molecule has 0 aliphatic heterocycles. The van der Waals surface area contributed by atoms with Crippen molar-refractivity contribution in [3.05, 3.63) is 58.6 Å². The summed E-state index contributed by atoms with van der Waals surface area (Å²) in [5.74, 6) is 8.83. The van der Waals surface area contributed by atoms with Crippen molar-refractivity contribution >= 4 is 17.5 Å². The Morgan fingerprint density at radius 1 is 1.13 bits per heavy atom. The average molecular weight is 442 g/mol. The number of halogens is 1. The lowest BCUT2D eigenvalue weighted by atomic mass is 10.1. The Kier molecular flexibility index (Phi) is 10.3. The summed E-state index contributed by atoms with van der Waals surface area (Å²) in [7, 11) is 1.55. The third kappa shape index (κ3) is 7.88. The zero-order valence-electron chi connectivity index (χ0n) is 17.4. The van der Waals surface area contributed by atoms with Crippen molar-refractivity contribution in [3.8, 4) is 35.7 Å². The van der Waals surface area contributed by atoms with E-state index < -0.39 is 12.0 Å². The summed E-state index contributed by atoms with van der Waals surface area (Å²) in [4.78, 5) is 17.9. The lowest BCUT2D eigenvalue weighted by molar-refractivity contribution is -0.146. The maximum Gasteiger partial charge on any atom is 0.277 e. The summed E-state index contributed by atoms with van der Waals surface area (Å²) in [6, 6.07) is 12.1. The van der Waals surface area contributed by atoms with Crippen LogP contribution in [0, 0.1) is 24.2 Å². The third-order valence-corrected chi connectivity index (χ3v) is 4.24. The second kappa shape index (κ2) is 13.2. The number of hydrogen-bond acceptors (Lipinski definition) is 5. The predicted octanol–water partition coefficient (Wildman–Crippen LogP) is 4.08. The Morgan fingerprint density at radius 3 is 2.58 bits per heavy atom. The van der Waals surface area contributed by atoms with E-state index in [9.17, 15) is 4.79 Å². The molecule has 1 unspecified atom stereocenters. The number of ether oxygens (including phenoxy) is 3. The molecule has 2 aromatic carbocycles. The summed E-state index contributed by atoms with van der Waals surface area (Å²) < 4.78 is 16.4. The summed E-state index contributed by atoms with van der Waals surface area (Å²) >= 11 is 5.91. The van der Waals surface area contributed by atoms with Crippen molar-refractivity contribution in [1.82, 2.24) is 5.48 Å². The Labute approximate surface area is 187 Å². The first kappa shape index (κ1) is 24.1. The maximum absolute atomic E-state index is 12.6. The van der Waals surface area contributed by atoms with Crippen LogP contribution in [0.2, 0.25) is 5.02 Å². The van der Waals surface area contributed by atoms with Gasteiger partial charge < -0.3 is 14.2 Å². The van der Waals surface area contributed by atoms with Gasteiger partial charge in [-0.3, -0.25) is 9.63 Å². The molecule has 7 heteroatoms. The molecule has 0 fully saturated rings. The molecule has 31 heavy (non-hydrogen) atoms. The molecule has 0 aliphatic rings. The van der Waals surface area contributed by atoms with E-state index in [2.05, 4.69) is 23.2 Å². The van der Waals surface area contributed by atoms with E-state index in [4.69, 9.17) is 37.1 Å². The molecule has 1 atom stereocenters. The Morgan fingerprint density at radius 2 is 1.90 bits per heavy atom. The molecule has 0 bridgehead atoms. The van der Waals surface area contributed by atoms with Gasteiger partial charge in [0.1, 0.15) is 13.2 Å². The van der Waals surface area contributed by atoms with Gasteiger partial charge in [-0.1, -0.05) is 48.6 Å². The van der Waals surface area contributed by atoms with Crippen LogP contribution in [0.5, 0.6) is 11.5 Å². The zero-order chi connectivity index (χ0) is 22.5. The van der Waals surface area contributed by atoms with E-state index in [0.717, 1.165) is 12.0 Å². The van der Waals surface area contributed by atoms with E-state index in [-0.39, 0.29) is 19.8 Å². The van der Waals surface area contributed by atoms with Crippen molar-refractivity contribution in [2.45, 2.75) is 26.1 Å². The molecule has 0 aromatic heterocycles. The van der Waals surface area contributed by atoms with Gasteiger partial charge in [0.15, 0.2) is 17.6 Å². The highest BCUT2D eigenvalue weighted by molar-refractivity contribution is 6.30. The highest BCUT2D eigenvalue weighted by Crippen LogP contribution is 2.28. The summed E-state index contributed by atoms with van der Waals surface area (Å²) in [6.07, 6.45) is 5.10. The largest absolute Gasteiger partial charge is 0.493 e. The van der Waals surface area contributed by atoms with Crippen molar-refractivity contribution < 1.29 is 23.8 Å². The number of amides is 1. The van der Waals surface area contributed by atoms with Gasteiger partial charge in [-0.05, 0) is 35.4 Å². The molecule has 0 heterocycles. The number of carbonyl (C=O) groups is 1. The van der Waals surface area contributed by atoms with Gasteiger partial charge in [0, 0.05) is 11.4 Å². The normalized spacial score (nSPS) is 10.9. The highest BCUT2D eigenvalue weighted by Gasteiger charge is 2.21. The second-order valence-corrected chi connectivity index (χ2v) is 6.62. The van der Waals surface area contributed by atoms with Crippen molar-refractivity contribution in [3.63, 3.8) is 0 Å². The van der Waals surface area contributed by atoms with Gasteiger partial charge in [-0.15, -0.1) is 12.3 Å². The fourth-order valence-corrected chi connectivity index (χ4v) is 2.67. The number of nitrogens with one attached hydrogen (secondary N) is 1. The van der Waals surface area contributed by atoms with E-state index in [0.29, 0.717) is 22.1 Å². The number of methoxy groups -OCH3 is 1. The van der Waals surface area contributed by atoms with Crippen molar-refractivity contribution in [2.75, 3.05) is 20.3 Å². The third-order valence-electron chi connectivity index (χ3n) is 3.99. The van der Waals surface area contributed by atoms with Gasteiger partial charge in [0.25, 0.3) is 5.91 Å². The molecule has 162 valence electrons. The van der Waals surface area contributed by atoms with Crippen LogP contribution in [-0.4, -0.2) is 26.2 Å². The molecule has 1 amide bonds. The summed E-state index contributed by atoms with van der Waals surface area (Å²) in [5, 5.41) is 0.551. The Balaban J connectivity index is 1.96. The number of terminal acetylenes is 1. The van der Waals surface area contributed by atoms with Crippen LogP contribution in [0.15, 0.2) is 42.5 Å². The van der Waals surface area contributed by atoms with Gasteiger partial charge in [-0.2, -0.15) is 0 Å². The zero-order valence-corrected chi connectivity index (χ0v) is 18.2. The smallest absolute Gasteiger partial charge is 0.277 e. The number of rotatable bonds is 10. The maximum atomic E-state index is 12.6. The predicted molar refractivity (Wildman–Crippen MR) is 118 cm³/mol. The first-order valence-corrected chi connectivity index (χ1v) is 9.94. The quantitative estimate of drug-likeness (QED) is 0.444. The molecule has 1 N–H and O–H groups in total. The van der Waals surface area contributed by atoms with E-state index in [1.807, 2.05) is 13.0 Å². The monoisotopic (exact) mass is 441 g/mol. The van der Waals surface area contributed by atoms with E-state index >= 15 is 0 Å². The van der Waals surface area contributed by atoms with E-state index in [1.54, 1.807) is 43.5 Å². The molecular formula is C24H24ClNO5. The summed E-state index contributed by atoms with van der Waals surface area (Å²) in [5.41, 5.74) is 3.78. The standard InChI is InChI=1S/C24H24ClNO5/c1-4-6-7-15-29-21-13-8-18(16-22(21)28-3)17-31-26-24(27)23(30-14-5-2)19-9-11-20(25)12-10-19/h2,8-13,16,23H,4,14-15,17H2,1,3H3,(H,26,27). The van der Waals surface area contributed by atoms with Crippen LogP contribution in [0.1, 0.15) is 30.6 Å². The van der Waals surface area contributed by atoms with Gasteiger partial charge in [-0.25, -0.2) is 5.48 Å². The lowest BCUT2D eigenvalue weighted by Crippen LogP contribution is -2.31. The summed E-state index contributed by atoms with van der Waals surface area (Å²) in [6.45, 7) is 2.34. The van der Waals surface area contributed by atoms with Crippen LogP contribution in [-0.2, 0) is 21.0 Å². The minimum Gasteiger partial charge on any atom is -0.493 e. The molecule has 6 nitrogen and oxygen atoms in total. The van der Waals surface area contributed by atoms with Crippen LogP contribution >= 0.6 is 11.6 Å². The van der Waals surface area contributed by atoms with Crippen LogP contribution < -0.4 is 15.0 Å². The minimum absolute atomic E-state index is 0.0258. The molecule has 0 aliphatic carbocycles. The number of hydroxylamine groups is 1. The molecule has 0 saturated carbocycles. The number of hydrogen-bond donors (Lipinski definition) is 1. The Hall–Kier alpha value is -3.16. The SMILES string of the molecule is C#CCOC(C(=O)NOCc1ccc(OCC#CCC)c(OC)c1)c1ccc(Cl)cc1. The van der Waals surface area contributed by atoms with Crippen LogP contribution in [0.3, 0.4) is 0 Å². The molecule has 0 saturated heterocycles. The minimum atomic E-state index is -0.928. The van der Waals surface area contributed by atoms with Gasteiger partial charge in [0.05, 0.1) is 13.7 Å².